The number of urea groups is 1. The zero-order chi connectivity index (χ0) is 16.8. The normalized spacial score (nSPS) is 16.2. The molecule has 0 heterocycles. The summed E-state index contributed by atoms with van der Waals surface area (Å²) in [5.41, 5.74) is 1.14. The molecule has 3 rings (SSSR count). The maximum absolute atomic E-state index is 12.2. The van der Waals surface area contributed by atoms with E-state index in [2.05, 4.69) is 10.6 Å². The second-order valence-electron chi connectivity index (χ2n) is 5.99. The average molecular weight is 342 g/mol. The molecule has 1 aliphatic carbocycles. The van der Waals surface area contributed by atoms with Crippen LogP contribution in [-0.2, 0) is 10.8 Å². The average Bonchev–Trinajstić information content (AvgIpc) is 3.46. The van der Waals surface area contributed by atoms with Crippen molar-refractivity contribution in [2.45, 2.75) is 23.8 Å². The lowest BCUT2D eigenvalue weighted by Gasteiger charge is -2.19. The van der Waals surface area contributed by atoms with E-state index in [1.807, 2.05) is 60.7 Å². The van der Waals surface area contributed by atoms with Crippen molar-refractivity contribution in [1.82, 2.24) is 10.6 Å². The van der Waals surface area contributed by atoms with Crippen LogP contribution < -0.4 is 10.6 Å². The van der Waals surface area contributed by atoms with Gasteiger partial charge in [0.1, 0.15) is 0 Å². The van der Waals surface area contributed by atoms with Crippen LogP contribution in [0.15, 0.2) is 65.6 Å². The van der Waals surface area contributed by atoms with Gasteiger partial charge in [-0.2, -0.15) is 0 Å². The second kappa shape index (κ2) is 8.11. The minimum Gasteiger partial charge on any atom is -0.337 e. The van der Waals surface area contributed by atoms with Gasteiger partial charge < -0.3 is 10.6 Å². The van der Waals surface area contributed by atoms with Gasteiger partial charge in [0.2, 0.25) is 0 Å². The summed E-state index contributed by atoms with van der Waals surface area (Å²) in [6, 6.07) is 19.2. The predicted molar refractivity (Wildman–Crippen MR) is 96.2 cm³/mol. The highest BCUT2D eigenvalue weighted by molar-refractivity contribution is 7.85. The van der Waals surface area contributed by atoms with Gasteiger partial charge in [-0.25, -0.2) is 4.79 Å². The number of rotatable bonds is 7. The Morgan fingerprint density at radius 1 is 1.04 bits per heavy atom. The van der Waals surface area contributed by atoms with Crippen LogP contribution in [-0.4, -0.2) is 22.5 Å². The lowest BCUT2D eigenvalue weighted by Crippen LogP contribution is -2.40. The van der Waals surface area contributed by atoms with E-state index in [-0.39, 0.29) is 12.1 Å². The Morgan fingerprint density at radius 2 is 1.67 bits per heavy atom. The summed E-state index contributed by atoms with van der Waals surface area (Å²) in [7, 11) is -1.09. The molecule has 2 aromatic carbocycles. The maximum Gasteiger partial charge on any atom is 0.315 e. The number of carbonyl (C=O) groups excluding carboxylic acids is 1. The summed E-state index contributed by atoms with van der Waals surface area (Å²) in [6.45, 7) is 0.388. The Kier molecular flexibility index (Phi) is 5.64. The van der Waals surface area contributed by atoms with Crippen molar-refractivity contribution >= 4 is 16.8 Å². The van der Waals surface area contributed by atoms with Gasteiger partial charge in [-0.1, -0.05) is 48.5 Å². The third kappa shape index (κ3) is 4.68. The zero-order valence-corrected chi connectivity index (χ0v) is 14.3. The lowest BCUT2D eigenvalue weighted by atomic mass is 10.0. The summed E-state index contributed by atoms with van der Waals surface area (Å²) in [5.74, 6) is 0.938. The zero-order valence-electron chi connectivity index (χ0n) is 13.5. The fourth-order valence-electron chi connectivity index (χ4n) is 2.70. The first kappa shape index (κ1) is 16.7. The highest BCUT2D eigenvalue weighted by atomic mass is 32.2. The fraction of sp³-hybridized carbons (Fsp3) is 0.316. The molecule has 0 aromatic heterocycles. The molecule has 1 fully saturated rings. The molecule has 2 atom stereocenters. The van der Waals surface area contributed by atoms with E-state index in [4.69, 9.17) is 0 Å². The summed E-state index contributed by atoms with van der Waals surface area (Å²) in [6.07, 6.45) is 2.30. The highest BCUT2D eigenvalue weighted by Crippen LogP contribution is 2.40. The lowest BCUT2D eigenvalue weighted by molar-refractivity contribution is 0.236. The second-order valence-corrected chi connectivity index (χ2v) is 7.56. The summed E-state index contributed by atoms with van der Waals surface area (Å²) < 4.78 is 12.1. The molecule has 1 aliphatic rings. The molecule has 126 valence electrons. The topological polar surface area (TPSA) is 58.2 Å². The highest BCUT2D eigenvalue weighted by Gasteiger charge is 2.33. The standard InChI is InChI=1S/C19H22N2O2S/c22-19(20-13-14-24(23)17-9-5-2-6-10-17)21-18(16-11-12-16)15-7-3-1-4-8-15/h1-10,16,18H,11-14H2,(H2,20,21,22)/t18-,24-/m1/s1. The Labute approximate surface area is 145 Å². The Balaban J connectivity index is 1.47. The molecular formula is C19H22N2O2S. The third-order valence-electron chi connectivity index (χ3n) is 4.12. The number of carbonyl (C=O) groups is 1. The summed E-state index contributed by atoms with van der Waals surface area (Å²) >= 11 is 0. The molecule has 1 saturated carbocycles. The first-order valence-corrected chi connectivity index (χ1v) is 9.58. The quantitative estimate of drug-likeness (QED) is 0.811. The van der Waals surface area contributed by atoms with Crippen molar-refractivity contribution in [2.24, 2.45) is 5.92 Å². The fourth-order valence-corrected chi connectivity index (χ4v) is 3.69. The molecule has 0 aliphatic heterocycles. The smallest absolute Gasteiger partial charge is 0.315 e. The van der Waals surface area contributed by atoms with Crippen LogP contribution in [0.2, 0.25) is 0 Å². The van der Waals surface area contributed by atoms with Crippen LogP contribution >= 0.6 is 0 Å². The largest absolute Gasteiger partial charge is 0.337 e. The summed E-state index contributed by atoms with van der Waals surface area (Å²) in [4.78, 5) is 12.9. The van der Waals surface area contributed by atoms with Crippen molar-refractivity contribution in [3.05, 3.63) is 66.2 Å². The van der Waals surface area contributed by atoms with Gasteiger partial charge in [-0.3, -0.25) is 4.21 Å². The molecule has 24 heavy (non-hydrogen) atoms. The molecule has 4 nitrogen and oxygen atoms in total. The van der Waals surface area contributed by atoms with Gasteiger partial charge >= 0.3 is 6.03 Å². The van der Waals surface area contributed by atoms with E-state index in [0.29, 0.717) is 18.2 Å². The van der Waals surface area contributed by atoms with Gasteiger partial charge in [0.05, 0.1) is 16.8 Å². The van der Waals surface area contributed by atoms with Crippen molar-refractivity contribution < 1.29 is 9.00 Å². The Hall–Kier alpha value is -2.14. The van der Waals surface area contributed by atoms with E-state index in [0.717, 1.165) is 23.3 Å². The number of hydrogen-bond donors (Lipinski definition) is 2. The minimum absolute atomic E-state index is 0.0609. The molecule has 2 aromatic rings. The summed E-state index contributed by atoms with van der Waals surface area (Å²) in [5, 5.41) is 5.88. The van der Waals surface area contributed by atoms with Crippen molar-refractivity contribution in [1.29, 1.82) is 0 Å². The first-order valence-electron chi connectivity index (χ1n) is 8.27. The number of hydrogen-bond acceptors (Lipinski definition) is 2. The van der Waals surface area contributed by atoms with Gasteiger partial charge in [-0.05, 0) is 36.5 Å². The monoisotopic (exact) mass is 342 g/mol. The SMILES string of the molecule is O=C(NCC[S@@](=O)c1ccccc1)N[C@H](c1ccccc1)C1CC1. The van der Waals surface area contributed by atoms with Crippen LogP contribution in [0.4, 0.5) is 4.79 Å². The van der Waals surface area contributed by atoms with E-state index in [1.54, 1.807) is 0 Å². The van der Waals surface area contributed by atoms with E-state index < -0.39 is 10.8 Å². The molecular weight excluding hydrogens is 320 g/mol. The van der Waals surface area contributed by atoms with E-state index >= 15 is 0 Å². The van der Waals surface area contributed by atoms with Crippen molar-refractivity contribution in [3.8, 4) is 0 Å². The molecule has 0 radical (unpaired) electrons. The van der Waals surface area contributed by atoms with Crippen LogP contribution in [0.1, 0.15) is 24.4 Å². The Morgan fingerprint density at radius 3 is 2.29 bits per heavy atom. The van der Waals surface area contributed by atoms with Crippen LogP contribution in [0, 0.1) is 5.92 Å². The molecule has 5 heteroatoms. The molecule has 0 saturated heterocycles. The van der Waals surface area contributed by atoms with Gasteiger partial charge in [-0.15, -0.1) is 0 Å². The third-order valence-corrected chi connectivity index (χ3v) is 5.49. The molecule has 2 amide bonds. The first-order chi connectivity index (χ1) is 11.7. The molecule has 2 N–H and O–H groups in total. The van der Waals surface area contributed by atoms with Crippen LogP contribution in [0.3, 0.4) is 0 Å². The van der Waals surface area contributed by atoms with Gasteiger partial charge in [0, 0.05) is 17.2 Å². The van der Waals surface area contributed by atoms with E-state index in [1.165, 1.54) is 0 Å². The van der Waals surface area contributed by atoms with Gasteiger partial charge in [0.25, 0.3) is 0 Å². The number of amides is 2. The number of benzene rings is 2. The van der Waals surface area contributed by atoms with Crippen LogP contribution in [0.25, 0.3) is 0 Å². The minimum atomic E-state index is -1.09. The molecule has 0 spiro atoms. The number of nitrogens with one attached hydrogen (secondary N) is 2. The van der Waals surface area contributed by atoms with Crippen LogP contribution in [0.5, 0.6) is 0 Å². The van der Waals surface area contributed by atoms with E-state index in [9.17, 15) is 9.00 Å². The maximum atomic E-state index is 12.2. The molecule has 0 unspecified atom stereocenters. The van der Waals surface area contributed by atoms with Crippen molar-refractivity contribution in [3.63, 3.8) is 0 Å². The molecule has 0 bridgehead atoms. The van der Waals surface area contributed by atoms with Crippen molar-refractivity contribution in [2.75, 3.05) is 12.3 Å². The Bertz CT molecular complexity index is 687. The predicted octanol–water partition coefficient (Wildman–Crippen LogP) is 3.24. The van der Waals surface area contributed by atoms with Gasteiger partial charge in [0.15, 0.2) is 0 Å².